The lowest BCUT2D eigenvalue weighted by Gasteiger charge is -2.29. The standard InChI is InChI=1S/C16H25NO/c1-12(13-5-7-15(18)8-6-13)17-10-9-14(11-17)16(2,3)4/h5-8,12,14,18H,9-11H2,1-4H3. The Hall–Kier alpha value is -1.02. The van der Waals surface area contributed by atoms with E-state index in [2.05, 4.69) is 32.6 Å². The highest BCUT2D eigenvalue weighted by atomic mass is 16.3. The van der Waals surface area contributed by atoms with E-state index in [0.717, 1.165) is 5.92 Å². The first kappa shape index (κ1) is 13.4. The molecule has 0 radical (unpaired) electrons. The van der Waals surface area contributed by atoms with E-state index in [4.69, 9.17) is 0 Å². The molecule has 1 heterocycles. The van der Waals surface area contributed by atoms with Crippen molar-refractivity contribution in [2.24, 2.45) is 11.3 Å². The van der Waals surface area contributed by atoms with Crippen LogP contribution in [-0.2, 0) is 0 Å². The van der Waals surface area contributed by atoms with E-state index in [1.165, 1.54) is 25.1 Å². The normalized spacial score (nSPS) is 23.2. The van der Waals surface area contributed by atoms with Crippen LogP contribution < -0.4 is 0 Å². The summed E-state index contributed by atoms with van der Waals surface area (Å²) < 4.78 is 0. The molecule has 1 aromatic rings. The van der Waals surface area contributed by atoms with E-state index >= 15 is 0 Å². The number of phenolic OH excluding ortho intramolecular Hbond substituents is 1. The number of rotatable bonds is 2. The first-order chi connectivity index (χ1) is 8.38. The summed E-state index contributed by atoms with van der Waals surface area (Å²) in [5.74, 6) is 1.14. The van der Waals surface area contributed by atoms with Crippen LogP contribution in [0.2, 0.25) is 0 Å². The summed E-state index contributed by atoms with van der Waals surface area (Å²) in [5.41, 5.74) is 1.70. The van der Waals surface area contributed by atoms with Crippen LogP contribution in [0.15, 0.2) is 24.3 Å². The molecule has 0 spiro atoms. The average molecular weight is 247 g/mol. The molecule has 0 bridgehead atoms. The van der Waals surface area contributed by atoms with E-state index in [0.29, 0.717) is 17.2 Å². The summed E-state index contributed by atoms with van der Waals surface area (Å²) in [6.45, 7) is 11.7. The summed E-state index contributed by atoms with van der Waals surface area (Å²) in [5, 5.41) is 9.34. The van der Waals surface area contributed by atoms with Gasteiger partial charge in [-0.1, -0.05) is 32.9 Å². The fraction of sp³-hybridized carbons (Fsp3) is 0.625. The first-order valence-electron chi connectivity index (χ1n) is 6.91. The SMILES string of the molecule is CC(c1ccc(O)cc1)N1CCC(C(C)(C)C)C1. The van der Waals surface area contributed by atoms with Gasteiger partial charge in [0.2, 0.25) is 0 Å². The fourth-order valence-electron chi connectivity index (χ4n) is 2.81. The minimum absolute atomic E-state index is 0.347. The molecule has 2 unspecified atom stereocenters. The van der Waals surface area contributed by atoms with Crippen molar-refractivity contribution in [1.82, 2.24) is 4.90 Å². The maximum Gasteiger partial charge on any atom is 0.115 e. The van der Waals surface area contributed by atoms with Gasteiger partial charge in [0.15, 0.2) is 0 Å². The summed E-state index contributed by atoms with van der Waals surface area (Å²) in [7, 11) is 0. The molecular formula is C16H25NO. The van der Waals surface area contributed by atoms with E-state index in [-0.39, 0.29) is 0 Å². The smallest absolute Gasteiger partial charge is 0.115 e. The Bertz CT molecular complexity index is 391. The molecule has 0 amide bonds. The maximum atomic E-state index is 9.34. The van der Waals surface area contributed by atoms with Crippen molar-refractivity contribution in [3.63, 3.8) is 0 Å². The lowest BCUT2D eigenvalue weighted by molar-refractivity contribution is 0.203. The van der Waals surface area contributed by atoms with Crippen molar-refractivity contribution in [3.8, 4) is 5.75 Å². The Balaban J connectivity index is 2.03. The summed E-state index contributed by atoms with van der Waals surface area (Å²) in [6.07, 6.45) is 1.30. The molecule has 1 aliphatic rings. The summed E-state index contributed by atoms with van der Waals surface area (Å²) >= 11 is 0. The molecule has 18 heavy (non-hydrogen) atoms. The lowest BCUT2D eigenvalue weighted by Crippen LogP contribution is -2.28. The van der Waals surface area contributed by atoms with E-state index in [1.807, 2.05) is 12.1 Å². The molecule has 2 heteroatoms. The Morgan fingerprint density at radius 3 is 2.33 bits per heavy atom. The number of benzene rings is 1. The number of aromatic hydroxyl groups is 1. The van der Waals surface area contributed by atoms with Gasteiger partial charge >= 0.3 is 0 Å². The molecule has 2 rings (SSSR count). The van der Waals surface area contributed by atoms with Crippen molar-refractivity contribution in [3.05, 3.63) is 29.8 Å². The molecule has 1 saturated heterocycles. The number of hydrogen-bond acceptors (Lipinski definition) is 2. The van der Waals surface area contributed by atoms with Crippen LogP contribution in [0.3, 0.4) is 0 Å². The van der Waals surface area contributed by atoms with Gasteiger partial charge in [0.1, 0.15) is 5.75 Å². The van der Waals surface area contributed by atoms with Crippen molar-refractivity contribution < 1.29 is 5.11 Å². The average Bonchev–Trinajstić information content (AvgIpc) is 2.78. The highest BCUT2D eigenvalue weighted by Crippen LogP contribution is 2.37. The minimum atomic E-state index is 0.347. The Morgan fingerprint density at radius 1 is 1.22 bits per heavy atom. The lowest BCUT2D eigenvalue weighted by atomic mass is 9.80. The highest BCUT2D eigenvalue weighted by molar-refractivity contribution is 5.27. The van der Waals surface area contributed by atoms with Gasteiger partial charge in [-0.15, -0.1) is 0 Å². The van der Waals surface area contributed by atoms with Crippen LogP contribution >= 0.6 is 0 Å². The second-order valence-corrected chi connectivity index (χ2v) is 6.61. The second kappa shape index (κ2) is 4.93. The third-order valence-corrected chi connectivity index (χ3v) is 4.37. The van der Waals surface area contributed by atoms with Crippen LogP contribution in [0.4, 0.5) is 0 Å². The molecular weight excluding hydrogens is 222 g/mol. The number of phenols is 1. The van der Waals surface area contributed by atoms with E-state index < -0.39 is 0 Å². The predicted molar refractivity (Wildman–Crippen MR) is 75.7 cm³/mol. The summed E-state index contributed by atoms with van der Waals surface area (Å²) in [6, 6.07) is 8.07. The molecule has 1 N–H and O–H groups in total. The number of hydrogen-bond donors (Lipinski definition) is 1. The minimum Gasteiger partial charge on any atom is -0.508 e. The molecule has 1 aromatic carbocycles. The molecule has 100 valence electrons. The van der Waals surface area contributed by atoms with Crippen molar-refractivity contribution in [2.45, 2.75) is 40.2 Å². The quantitative estimate of drug-likeness (QED) is 0.858. The summed E-state index contributed by atoms with van der Waals surface area (Å²) in [4.78, 5) is 2.56. The molecule has 1 aliphatic heterocycles. The van der Waals surface area contributed by atoms with Gasteiger partial charge in [0.25, 0.3) is 0 Å². The van der Waals surface area contributed by atoms with Crippen molar-refractivity contribution in [2.75, 3.05) is 13.1 Å². The first-order valence-corrected chi connectivity index (χ1v) is 6.91. The van der Waals surface area contributed by atoms with Gasteiger partial charge in [-0.2, -0.15) is 0 Å². The Kier molecular flexibility index (Phi) is 3.67. The topological polar surface area (TPSA) is 23.5 Å². The number of likely N-dealkylation sites (tertiary alicyclic amines) is 1. The van der Waals surface area contributed by atoms with E-state index in [1.54, 1.807) is 12.1 Å². The molecule has 0 aliphatic carbocycles. The van der Waals surface area contributed by atoms with Gasteiger partial charge in [-0.05, 0) is 48.9 Å². The molecule has 0 aromatic heterocycles. The zero-order valence-electron chi connectivity index (χ0n) is 12.0. The van der Waals surface area contributed by atoms with Crippen LogP contribution in [0.1, 0.15) is 45.7 Å². The fourth-order valence-corrected chi connectivity index (χ4v) is 2.81. The molecule has 2 nitrogen and oxygen atoms in total. The Morgan fingerprint density at radius 2 is 1.83 bits per heavy atom. The van der Waals surface area contributed by atoms with Gasteiger partial charge in [0, 0.05) is 12.6 Å². The van der Waals surface area contributed by atoms with Crippen LogP contribution in [0, 0.1) is 11.3 Å². The van der Waals surface area contributed by atoms with Crippen LogP contribution in [0.25, 0.3) is 0 Å². The van der Waals surface area contributed by atoms with Crippen molar-refractivity contribution >= 4 is 0 Å². The predicted octanol–water partition coefficient (Wildman–Crippen LogP) is 3.82. The van der Waals surface area contributed by atoms with Crippen LogP contribution in [-0.4, -0.2) is 23.1 Å². The van der Waals surface area contributed by atoms with Gasteiger partial charge in [-0.25, -0.2) is 0 Å². The monoisotopic (exact) mass is 247 g/mol. The van der Waals surface area contributed by atoms with Crippen LogP contribution in [0.5, 0.6) is 5.75 Å². The van der Waals surface area contributed by atoms with Gasteiger partial charge in [-0.3, -0.25) is 4.90 Å². The Labute approximate surface area is 111 Å². The van der Waals surface area contributed by atoms with Gasteiger partial charge < -0.3 is 5.11 Å². The zero-order valence-corrected chi connectivity index (χ0v) is 12.0. The molecule has 1 fully saturated rings. The zero-order chi connectivity index (χ0) is 13.3. The third kappa shape index (κ3) is 2.86. The molecule has 2 atom stereocenters. The highest BCUT2D eigenvalue weighted by Gasteiger charge is 2.33. The second-order valence-electron chi connectivity index (χ2n) is 6.61. The third-order valence-electron chi connectivity index (χ3n) is 4.37. The van der Waals surface area contributed by atoms with E-state index in [9.17, 15) is 5.11 Å². The van der Waals surface area contributed by atoms with Gasteiger partial charge in [0.05, 0.1) is 0 Å². The van der Waals surface area contributed by atoms with Crippen molar-refractivity contribution in [1.29, 1.82) is 0 Å². The number of nitrogens with zero attached hydrogens (tertiary/aromatic N) is 1. The molecule has 0 saturated carbocycles. The maximum absolute atomic E-state index is 9.34. The largest absolute Gasteiger partial charge is 0.508 e.